The maximum Gasteiger partial charge on any atom is 0.227 e. The highest BCUT2D eigenvalue weighted by Crippen LogP contribution is 2.23. The van der Waals surface area contributed by atoms with Gasteiger partial charge in [0, 0.05) is 26.2 Å². The summed E-state index contributed by atoms with van der Waals surface area (Å²) in [5.41, 5.74) is 0.919. The van der Waals surface area contributed by atoms with Crippen molar-refractivity contribution >= 4 is 41.5 Å². The number of halogens is 3. The molecule has 1 amide bonds. The molecular weight excluding hydrogens is 369 g/mol. The minimum absolute atomic E-state index is 0. The summed E-state index contributed by atoms with van der Waals surface area (Å²) in [5.74, 6) is 0.175. The number of nitrogens with one attached hydrogen (secondary N) is 1. The van der Waals surface area contributed by atoms with Crippen LogP contribution in [-0.2, 0) is 11.2 Å². The minimum Gasteiger partial charge on any atom is -0.336 e. The molecule has 7 heteroatoms. The summed E-state index contributed by atoms with van der Waals surface area (Å²) in [7, 11) is 0. The van der Waals surface area contributed by atoms with Crippen molar-refractivity contribution in [2.75, 3.05) is 39.3 Å². The first-order valence-corrected chi connectivity index (χ1v) is 9.05. The molecule has 134 valence electrons. The Morgan fingerprint density at radius 2 is 1.92 bits per heavy atom. The van der Waals surface area contributed by atoms with Crippen molar-refractivity contribution in [3.8, 4) is 0 Å². The summed E-state index contributed by atoms with van der Waals surface area (Å²) in [6.07, 6.45) is 2.93. The summed E-state index contributed by atoms with van der Waals surface area (Å²) < 4.78 is 0. The lowest BCUT2D eigenvalue weighted by Gasteiger charge is -2.38. The average molecular weight is 393 g/mol. The molecule has 0 saturated carbocycles. The number of rotatable bonds is 4. The van der Waals surface area contributed by atoms with Crippen LogP contribution < -0.4 is 5.32 Å². The van der Waals surface area contributed by atoms with E-state index in [0.717, 1.165) is 44.8 Å². The highest BCUT2D eigenvalue weighted by atomic mass is 35.5. The molecule has 0 bridgehead atoms. The van der Waals surface area contributed by atoms with Crippen molar-refractivity contribution in [2.24, 2.45) is 0 Å². The second kappa shape index (κ2) is 9.25. The Labute approximate surface area is 159 Å². The van der Waals surface area contributed by atoms with Crippen LogP contribution in [0.2, 0.25) is 10.0 Å². The van der Waals surface area contributed by atoms with Crippen molar-refractivity contribution in [1.82, 2.24) is 15.1 Å². The molecule has 2 aliphatic heterocycles. The van der Waals surface area contributed by atoms with Gasteiger partial charge in [-0.05, 0) is 43.6 Å². The summed E-state index contributed by atoms with van der Waals surface area (Å²) in [4.78, 5) is 17.3. The van der Waals surface area contributed by atoms with Gasteiger partial charge in [0.25, 0.3) is 0 Å². The van der Waals surface area contributed by atoms with Gasteiger partial charge in [0.05, 0.1) is 22.5 Å². The molecule has 0 spiro atoms. The van der Waals surface area contributed by atoms with Crippen LogP contribution in [0.1, 0.15) is 18.4 Å². The number of amides is 1. The molecule has 0 aromatic heterocycles. The van der Waals surface area contributed by atoms with Gasteiger partial charge in [0.2, 0.25) is 5.91 Å². The van der Waals surface area contributed by atoms with Crippen molar-refractivity contribution in [3.05, 3.63) is 33.8 Å². The van der Waals surface area contributed by atoms with Gasteiger partial charge in [0.1, 0.15) is 0 Å². The molecule has 2 heterocycles. The van der Waals surface area contributed by atoms with Gasteiger partial charge in [-0.1, -0.05) is 29.3 Å². The van der Waals surface area contributed by atoms with E-state index in [0.29, 0.717) is 16.5 Å². The molecule has 1 aromatic rings. The smallest absolute Gasteiger partial charge is 0.227 e. The van der Waals surface area contributed by atoms with Crippen molar-refractivity contribution < 1.29 is 4.79 Å². The largest absolute Gasteiger partial charge is 0.336 e. The third-order valence-corrected chi connectivity index (χ3v) is 5.42. The molecule has 1 atom stereocenters. The highest BCUT2D eigenvalue weighted by Gasteiger charge is 2.28. The Hall–Kier alpha value is -0.520. The van der Waals surface area contributed by atoms with Gasteiger partial charge in [-0.25, -0.2) is 0 Å². The van der Waals surface area contributed by atoms with Crippen LogP contribution in [0.25, 0.3) is 0 Å². The number of hydrogen-bond donors (Lipinski definition) is 1. The van der Waals surface area contributed by atoms with Crippen LogP contribution in [0, 0.1) is 0 Å². The van der Waals surface area contributed by atoms with Gasteiger partial charge in [-0.3, -0.25) is 4.79 Å². The van der Waals surface area contributed by atoms with E-state index in [-0.39, 0.29) is 24.4 Å². The second-order valence-corrected chi connectivity index (χ2v) is 7.19. The van der Waals surface area contributed by atoms with Gasteiger partial charge in [-0.2, -0.15) is 0 Å². The maximum atomic E-state index is 12.8. The number of carbonyl (C=O) groups excluding carboxylic acids is 1. The monoisotopic (exact) mass is 391 g/mol. The van der Waals surface area contributed by atoms with Crippen LogP contribution in [0.3, 0.4) is 0 Å². The van der Waals surface area contributed by atoms with E-state index in [4.69, 9.17) is 23.2 Å². The van der Waals surface area contributed by atoms with E-state index in [1.54, 1.807) is 12.1 Å². The topological polar surface area (TPSA) is 35.6 Å². The lowest BCUT2D eigenvalue weighted by atomic mass is 10.1. The number of carbonyl (C=O) groups is 1. The van der Waals surface area contributed by atoms with Crippen molar-refractivity contribution in [3.63, 3.8) is 0 Å². The number of likely N-dealkylation sites (tertiary alicyclic amines) is 1. The standard InChI is InChI=1S/C17H23Cl2N3O.ClH/c18-15-4-3-13(9-16(15)19)10-17(23)22-8-5-20-11-14(22)12-21-6-1-2-7-21;/h3-4,9,14,20H,1-2,5-8,10-12H2;1H/t14-;/m1./s1. The molecule has 1 aromatic carbocycles. The lowest BCUT2D eigenvalue weighted by Crippen LogP contribution is -2.57. The SMILES string of the molecule is Cl.O=C(Cc1ccc(Cl)c(Cl)c1)N1CCNC[C@@H]1CN1CCCC1. The molecule has 0 unspecified atom stereocenters. The van der Waals surface area contributed by atoms with Gasteiger partial charge in [-0.15, -0.1) is 12.4 Å². The number of nitrogens with zero attached hydrogens (tertiary/aromatic N) is 2. The van der Waals surface area contributed by atoms with E-state index in [2.05, 4.69) is 10.2 Å². The van der Waals surface area contributed by atoms with E-state index < -0.39 is 0 Å². The zero-order valence-electron chi connectivity index (χ0n) is 13.6. The van der Waals surface area contributed by atoms with Crippen LogP contribution in [0.5, 0.6) is 0 Å². The van der Waals surface area contributed by atoms with Gasteiger partial charge < -0.3 is 15.1 Å². The van der Waals surface area contributed by atoms with Crippen molar-refractivity contribution in [2.45, 2.75) is 25.3 Å². The van der Waals surface area contributed by atoms with E-state index in [9.17, 15) is 4.79 Å². The highest BCUT2D eigenvalue weighted by molar-refractivity contribution is 6.42. The van der Waals surface area contributed by atoms with Crippen LogP contribution in [-0.4, -0.2) is 61.0 Å². The first-order valence-electron chi connectivity index (χ1n) is 8.30. The summed E-state index contributed by atoms with van der Waals surface area (Å²) >= 11 is 12.0. The Kier molecular flexibility index (Phi) is 7.63. The molecule has 2 saturated heterocycles. The summed E-state index contributed by atoms with van der Waals surface area (Å²) in [6.45, 7) is 5.81. The Morgan fingerprint density at radius 1 is 1.17 bits per heavy atom. The predicted octanol–water partition coefficient (Wildman–Crippen LogP) is 2.85. The van der Waals surface area contributed by atoms with Crippen molar-refractivity contribution in [1.29, 1.82) is 0 Å². The average Bonchev–Trinajstić information content (AvgIpc) is 3.04. The fraction of sp³-hybridized carbons (Fsp3) is 0.588. The third-order valence-electron chi connectivity index (χ3n) is 4.68. The molecule has 3 rings (SSSR count). The quantitative estimate of drug-likeness (QED) is 0.856. The number of hydrogen-bond acceptors (Lipinski definition) is 3. The Balaban J connectivity index is 0.00000208. The number of benzene rings is 1. The predicted molar refractivity (Wildman–Crippen MR) is 101 cm³/mol. The molecule has 4 nitrogen and oxygen atoms in total. The Bertz CT molecular complexity index is 564. The van der Waals surface area contributed by atoms with Crippen LogP contribution in [0.15, 0.2) is 18.2 Å². The van der Waals surface area contributed by atoms with Gasteiger partial charge in [0.15, 0.2) is 0 Å². The first-order chi connectivity index (χ1) is 11.1. The normalized spacial score (nSPS) is 21.6. The van der Waals surface area contributed by atoms with Crippen LogP contribution in [0.4, 0.5) is 0 Å². The second-order valence-electron chi connectivity index (χ2n) is 6.38. The summed E-state index contributed by atoms with van der Waals surface area (Å²) in [6, 6.07) is 5.69. The fourth-order valence-corrected chi connectivity index (χ4v) is 3.76. The first kappa shape index (κ1) is 19.8. The van der Waals surface area contributed by atoms with Gasteiger partial charge >= 0.3 is 0 Å². The number of piperazine rings is 1. The van der Waals surface area contributed by atoms with E-state index >= 15 is 0 Å². The van der Waals surface area contributed by atoms with E-state index in [1.165, 1.54) is 12.8 Å². The maximum absolute atomic E-state index is 12.8. The molecule has 2 aliphatic rings. The zero-order chi connectivity index (χ0) is 16.2. The van der Waals surface area contributed by atoms with Crippen LogP contribution >= 0.6 is 35.6 Å². The zero-order valence-corrected chi connectivity index (χ0v) is 16.0. The Morgan fingerprint density at radius 3 is 2.62 bits per heavy atom. The third kappa shape index (κ3) is 4.99. The lowest BCUT2D eigenvalue weighted by molar-refractivity contribution is -0.134. The van der Waals surface area contributed by atoms with E-state index in [1.807, 2.05) is 11.0 Å². The molecule has 0 aliphatic carbocycles. The molecule has 0 radical (unpaired) electrons. The molecule has 1 N–H and O–H groups in total. The fourth-order valence-electron chi connectivity index (χ4n) is 3.44. The summed E-state index contributed by atoms with van der Waals surface area (Å²) in [5, 5.41) is 4.45. The molecule has 24 heavy (non-hydrogen) atoms. The molecular formula is C17H24Cl3N3O. The minimum atomic E-state index is 0. The molecule has 2 fully saturated rings.